The molecule has 0 fully saturated rings. The Balaban J connectivity index is 1.95. The van der Waals surface area contributed by atoms with Crippen LogP contribution in [0.25, 0.3) is 0 Å². The van der Waals surface area contributed by atoms with Crippen molar-refractivity contribution in [2.24, 2.45) is 5.73 Å². The summed E-state index contributed by atoms with van der Waals surface area (Å²) < 4.78 is 0. The molecular formula is C14H17NS. The molecule has 2 rings (SSSR count). The van der Waals surface area contributed by atoms with Crippen molar-refractivity contribution in [2.75, 3.05) is 0 Å². The summed E-state index contributed by atoms with van der Waals surface area (Å²) in [6.07, 6.45) is 1.94. The van der Waals surface area contributed by atoms with Gasteiger partial charge in [-0.2, -0.15) is 0 Å². The molecule has 1 atom stereocenters. The normalized spacial score (nSPS) is 12.6. The summed E-state index contributed by atoms with van der Waals surface area (Å²) in [5, 5.41) is 2.14. The number of hydrogen-bond acceptors (Lipinski definition) is 2. The molecule has 1 unspecified atom stereocenters. The first-order valence-electron chi connectivity index (χ1n) is 5.58. The van der Waals surface area contributed by atoms with E-state index in [-0.39, 0.29) is 6.04 Å². The van der Waals surface area contributed by atoms with E-state index in [1.165, 1.54) is 16.0 Å². The number of nitrogens with two attached hydrogens (primary N) is 1. The maximum Gasteiger partial charge on any atom is 0.0128 e. The minimum atomic E-state index is 0.222. The van der Waals surface area contributed by atoms with Crippen LogP contribution in [0.4, 0.5) is 0 Å². The monoisotopic (exact) mass is 231 g/mol. The SMILES string of the molecule is Cc1ccsc1CC(N)Cc1ccccc1. The van der Waals surface area contributed by atoms with Gasteiger partial charge in [-0.3, -0.25) is 0 Å². The molecule has 1 aromatic carbocycles. The van der Waals surface area contributed by atoms with E-state index in [4.69, 9.17) is 5.73 Å². The summed E-state index contributed by atoms with van der Waals surface area (Å²) in [5.74, 6) is 0. The second kappa shape index (κ2) is 5.28. The van der Waals surface area contributed by atoms with Crippen molar-refractivity contribution in [3.63, 3.8) is 0 Å². The molecule has 0 aliphatic rings. The smallest absolute Gasteiger partial charge is 0.0128 e. The number of hydrogen-bond donors (Lipinski definition) is 1. The Labute approximate surface area is 101 Å². The Morgan fingerprint density at radius 1 is 1.12 bits per heavy atom. The van der Waals surface area contributed by atoms with Gasteiger partial charge >= 0.3 is 0 Å². The van der Waals surface area contributed by atoms with Crippen molar-refractivity contribution in [1.82, 2.24) is 0 Å². The van der Waals surface area contributed by atoms with Crippen LogP contribution in [0.2, 0.25) is 0 Å². The van der Waals surface area contributed by atoms with E-state index in [2.05, 4.69) is 42.6 Å². The van der Waals surface area contributed by atoms with E-state index in [1.54, 1.807) is 0 Å². The number of aryl methyl sites for hydroxylation is 1. The Morgan fingerprint density at radius 3 is 2.50 bits per heavy atom. The summed E-state index contributed by atoms with van der Waals surface area (Å²) in [6.45, 7) is 2.15. The highest BCUT2D eigenvalue weighted by molar-refractivity contribution is 7.10. The highest BCUT2D eigenvalue weighted by Gasteiger charge is 2.08. The van der Waals surface area contributed by atoms with Gasteiger partial charge in [-0.05, 0) is 42.3 Å². The first-order chi connectivity index (χ1) is 7.75. The first-order valence-corrected chi connectivity index (χ1v) is 6.46. The molecule has 0 aliphatic carbocycles. The van der Waals surface area contributed by atoms with Crippen LogP contribution >= 0.6 is 11.3 Å². The molecule has 0 radical (unpaired) electrons. The highest BCUT2D eigenvalue weighted by atomic mass is 32.1. The Kier molecular flexibility index (Phi) is 3.75. The zero-order valence-corrected chi connectivity index (χ0v) is 10.3. The van der Waals surface area contributed by atoms with E-state index in [1.807, 2.05) is 17.4 Å². The topological polar surface area (TPSA) is 26.0 Å². The Morgan fingerprint density at radius 2 is 1.88 bits per heavy atom. The van der Waals surface area contributed by atoms with Crippen molar-refractivity contribution in [3.8, 4) is 0 Å². The first kappa shape index (κ1) is 11.4. The molecule has 16 heavy (non-hydrogen) atoms. The van der Waals surface area contributed by atoms with Crippen LogP contribution in [0, 0.1) is 6.92 Å². The number of rotatable bonds is 4. The summed E-state index contributed by atoms with van der Waals surface area (Å²) in [6, 6.07) is 12.8. The molecule has 0 amide bonds. The van der Waals surface area contributed by atoms with E-state index in [0.29, 0.717) is 0 Å². The maximum atomic E-state index is 6.17. The lowest BCUT2D eigenvalue weighted by molar-refractivity contribution is 0.669. The third-order valence-electron chi connectivity index (χ3n) is 2.76. The fourth-order valence-corrected chi connectivity index (χ4v) is 2.84. The predicted molar refractivity (Wildman–Crippen MR) is 70.9 cm³/mol. The van der Waals surface area contributed by atoms with Crippen molar-refractivity contribution in [3.05, 3.63) is 57.8 Å². The van der Waals surface area contributed by atoms with Crippen LogP contribution in [-0.2, 0) is 12.8 Å². The second-order valence-electron chi connectivity index (χ2n) is 4.18. The molecular weight excluding hydrogens is 214 g/mol. The fourth-order valence-electron chi connectivity index (χ4n) is 1.84. The van der Waals surface area contributed by atoms with E-state index >= 15 is 0 Å². The molecule has 1 nitrogen and oxygen atoms in total. The number of thiophene rings is 1. The predicted octanol–water partition coefficient (Wildman–Crippen LogP) is 3.17. The van der Waals surface area contributed by atoms with Gasteiger partial charge in [-0.15, -0.1) is 11.3 Å². The molecule has 2 heteroatoms. The Hall–Kier alpha value is -1.12. The van der Waals surface area contributed by atoms with Gasteiger partial charge in [0.05, 0.1) is 0 Å². The molecule has 84 valence electrons. The average Bonchev–Trinajstić information content (AvgIpc) is 2.66. The van der Waals surface area contributed by atoms with Crippen molar-refractivity contribution in [2.45, 2.75) is 25.8 Å². The molecule has 0 saturated heterocycles. The lowest BCUT2D eigenvalue weighted by atomic mass is 10.0. The van der Waals surface area contributed by atoms with Crippen LogP contribution in [-0.4, -0.2) is 6.04 Å². The summed E-state index contributed by atoms with van der Waals surface area (Å²) in [5.41, 5.74) is 8.86. The largest absolute Gasteiger partial charge is 0.327 e. The van der Waals surface area contributed by atoms with Crippen LogP contribution in [0.5, 0.6) is 0 Å². The molecule has 1 aromatic heterocycles. The third kappa shape index (κ3) is 2.94. The molecule has 1 heterocycles. The van der Waals surface area contributed by atoms with Gasteiger partial charge in [-0.25, -0.2) is 0 Å². The quantitative estimate of drug-likeness (QED) is 0.859. The minimum absolute atomic E-state index is 0.222. The minimum Gasteiger partial charge on any atom is -0.327 e. The van der Waals surface area contributed by atoms with Gasteiger partial charge in [0.25, 0.3) is 0 Å². The van der Waals surface area contributed by atoms with E-state index in [0.717, 1.165) is 12.8 Å². The summed E-state index contributed by atoms with van der Waals surface area (Å²) in [4.78, 5) is 1.42. The summed E-state index contributed by atoms with van der Waals surface area (Å²) in [7, 11) is 0. The molecule has 0 spiro atoms. The van der Waals surface area contributed by atoms with Gasteiger partial charge in [0.15, 0.2) is 0 Å². The van der Waals surface area contributed by atoms with Crippen LogP contribution in [0.15, 0.2) is 41.8 Å². The molecule has 0 aliphatic heterocycles. The van der Waals surface area contributed by atoms with Gasteiger partial charge < -0.3 is 5.73 Å². The van der Waals surface area contributed by atoms with E-state index in [9.17, 15) is 0 Å². The fraction of sp³-hybridized carbons (Fsp3) is 0.286. The molecule has 0 saturated carbocycles. The lowest BCUT2D eigenvalue weighted by Crippen LogP contribution is -2.25. The van der Waals surface area contributed by atoms with Crippen LogP contribution in [0.3, 0.4) is 0 Å². The third-order valence-corrected chi connectivity index (χ3v) is 3.80. The molecule has 2 aromatic rings. The maximum absolute atomic E-state index is 6.17. The second-order valence-corrected chi connectivity index (χ2v) is 5.18. The highest BCUT2D eigenvalue weighted by Crippen LogP contribution is 2.18. The zero-order valence-electron chi connectivity index (χ0n) is 9.52. The zero-order chi connectivity index (χ0) is 11.4. The standard InChI is InChI=1S/C14H17NS/c1-11-7-8-16-14(11)10-13(15)9-12-5-3-2-4-6-12/h2-8,13H,9-10,15H2,1H3. The van der Waals surface area contributed by atoms with Gasteiger partial charge in [0.1, 0.15) is 0 Å². The van der Waals surface area contributed by atoms with Gasteiger partial charge in [0, 0.05) is 10.9 Å². The van der Waals surface area contributed by atoms with Gasteiger partial charge in [-0.1, -0.05) is 30.3 Å². The van der Waals surface area contributed by atoms with Crippen LogP contribution < -0.4 is 5.73 Å². The molecule has 0 bridgehead atoms. The van der Waals surface area contributed by atoms with Crippen molar-refractivity contribution < 1.29 is 0 Å². The lowest BCUT2D eigenvalue weighted by Gasteiger charge is -2.11. The van der Waals surface area contributed by atoms with Crippen molar-refractivity contribution in [1.29, 1.82) is 0 Å². The average molecular weight is 231 g/mol. The Bertz CT molecular complexity index is 433. The summed E-state index contributed by atoms with van der Waals surface area (Å²) >= 11 is 1.81. The van der Waals surface area contributed by atoms with E-state index < -0.39 is 0 Å². The molecule has 2 N–H and O–H groups in total. The van der Waals surface area contributed by atoms with Gasteiger partial charge in [0.2, 0.25) is 0 Å². The number of benzene rings is 1. The van der Waals surface area contributed by atoms with Crippen LogP contribution in [0.1, 0.15) is 16.0 Å². The van der Waals surface area contributed by atoms with Crippen molar-refractivity contribution >= 4 is 11.3 Å².